The van der Waals surface area contributed by atoms with Gasteiger partial charge in [-0.25, -0.2) is 0 Å². The smallest absolute Gasteiger partial charge is 0.248 e. The van der Waals surface area contributed by atoms with Crippen LogP contribution in [-0.4, -0.2) is 39.4 Å². The van der Waals surface area contributed by atoms with Crippen LogP contribution in [0.25, 0.3) is 6.08 Å². The first kappa shape index (κ1) is 18.3. The zero-order valence-corrected chi connectivity index (χ0v) is 15.9. The number of fused-ring (bicyclic) bond motifs is 2. The molecule has 4 rings (SSSR count). The number of methoxy groups -OCH3 is 1. The molecule has 0 bridgehead atoms. The zero-order valence-electron chi connectivity index (χ0n) is 15.1. The third kappa shape index (κ3) is 3.80. The summed E-state index contributed by atoms with van der Waals surface area (Å²) in [5.41, 5.74) is 1.19. The molecule has 0 saturated heterocycles. The Morgan fingerprint density at radius 2 is 1.68 bits per heavy atom. The van der Waals surface area contributed by atoms with Gasteiger partial charge in [-0.1, -0.05) is 11.6 Å². The lowest BCUT2D eigenvalue weighted by molar-refractivity contribution is -0.111. The van der Waals surface area contributed by atoms with E-state index in [4.69, 9.17) is 35.3 Å². The molecule has 0 unspecified atom stereocenters. The van der Waals surface area contributed by atoms with Crippen molar-refractivity contribution in [2.45, 2.75) is 0 Å². The number of hydrogen-bond donors (Lipinski definition) is 1. The Morgan fingerprint density at radius 3 is 2.43 bits per heavy atom. The number of carbonyl (C=O) groups is 1. The van der Waals surface area contributed by atoms with Crippen LogP contribution in [0.2, 0.25) is 5.02 Å². The topological polar surface area (TPSA) is 75.3 Å². The quantitative estimate of drug-likeness (QED) is 0.787. The van der Waals surface area contributed by atoms with Crippen LogP contribution in [-0.2, 0) is 4.79 Å². The molecule has 1 N–H and O–H groups in total. The average Bonchev–Trinajstić information content (AvgIpc) is 2.72. The summed E-state index contributed by atoms with van der Waals surface area (Å²) < 4.78 is 27.5. The van der Waals surface area contributed by atoms with Crippen LogP contribution in [0.4, 0.5) is 5.69 Å². The van der Waals surface area contributed by atoms with E-state index < -0.39 is 0 Å². The zero-order chi connectivity index (χ0) is 19.5. The van der Waals surface area contributed by atoms with E-state index in [1.807, 2.05) is 0 Å². The number of carbonyl (C=O) groups excluding carboxylic acids is 1. The molecule has 0 aromatic heterocycles. The standard InChI is InChI=1S/C20H18ClNO6/c1-24-17-8-12(9-18-20(17)28-7-6-27-18)2-3-19(23)22-14-11-16-15(10-13(14)21)25-4-5-26-16/h2-3,8-11H,4-7H2,1H3,(H,22,23)/b3-2+. The van der Waals surface area contributed by atoms with Crippen LogP contribution >= 0.6 is 11.6 Å². The second-order valence-corrected chi connectivity index (χ2v) is 6.45. The van der Waals surface area contributed by atoms with E-state index in [0.717, 1.165) is 5.56 Å². The molecule has 2 aromatic rings. The Balaban J connectivity index is 1.50. The van der Waals surface area contributed by atoms with Crippen LogP contribution in [0.15, 0.2) is 30.3 Å². The highest BCUT2D eigenvalue weighted by atomic mass is 35.5. The number of ether oxygens (including phenoxy) is 5. The van der Waals surface area contributed by atoms with Crippen molar-refractivity contribution >= 4 is 29.3 Å². The van der Waals surface area contributed by atoms with Gasteiger partial charge >= 0.3 is 0 Å². The molecule has 0 aliphatic carbocycles. The third-order valence-corrected chi connectivity index (χ3v) is 4.48. The van der Waals surface area contributed by atoms with E-state index in [-0.39, 0.29) is 5.91 Å². The van der Waals surface area contributed by atoms with Crippen molar-refractivity contribution < 1.29 is 28.5 Å². The van der Waals surface area contributed by atoms with Crippen molar-refractivity contribution in [3.8, 4) is 28.7 Å². The van der Waals surface area contributed by atoms with Gasteiger partial charge in [0.25, 0.3) is 0 Å². The average molecular weight is 404 g/mol. The van der Waals surface area contributed by atoms with Gasteiger partial charge in [0, 0.05) is 18.2 Å². The van der Waals surface area contributed by atoms with E-state index in [1.54, 1.807) is 37.5 Å². The highest BCUT2D eigenvalue weighted by molar-refractivity contribution is 6.34. The predicted octanol–water partition coefficient (Wildman–Crippen LogP) is 3.54. The van der Waals surface area contributed by atoms with Gasteiger partial charge in [-0.2, -0.15) is 0 Å². The summed E-state index contributed by atoms with van der Waals surface area (Å²) in [7, 11) is 1.55. The Hall–Kier alpha value is -3.06. The number of hydrogen-bond acceptors (Lipinski definition) is 6. The lowest BCUT2D eigenvalue weighted by Gasteiger charge is -2.21. The number of amides is 1. The summed E-state index contributed by atoms with van der Waals surface area (Å²) >= 11 is 6.22. The summed E-state index contributed by atoms with van der Waals surface area (Å²) in [5.74, 6) is 2.47. The molecule has 0 saturated carbocycles. The number of anilines is 1. The molecule has 28 heavy (non-hydrogen) atoms. The lowest BCUT2D eigenvalue weighted by atomic mass is 10.1. The van der Waals surface area contributed by atoms with Gasteiger partial charge in [-0.3, -0.25) is 4.79 Å². The minimum absolute atomic E-state index is 0.340. The fraction of sp³-hybridized carbons (Fsp3) is 0.250. The van der Waals surface area contributed by atoms with E-state index in [1.165, 1.54) is 6.08 Å². The molecule has 0 fully saturated rings. The van der Waals surface area contributed by atoms with E-state index >= 15 is 0 Å². The predicted molar refractivity (Wildman–Crippen MR) is 104 cm³/mol. The molecule has 0 spiro atoms. The van der Waals surface area contributed by atoms with Crippen molar-refractivity contribution in [3.05, 3.63) is 40.9 Å². The van der Waals surface area contributed by atoms with Gasteiger partial charge in [-0.05, 0) is 23.8 Å². The highest BCUT2D eigenvalue weighted by Gasteiger charge is 2.18. The van der Waals surface area contributed by atoms with Crippen molar-refractivity contribution in [3.63, 3.8) is 0 Å². The summed E-state index contributed by atoms with van der Waals surface area (Å²) in [5, 5.41) is 3.11. The summed E-state index contributed by atoms with van der Waals surface area (Å²) in [6.45, 7) is 1.86. The first-order valence-electron chi connectivity index (χ1n) is 8.70. The molecule has 2 heterocycles. The lowest BCUT2D eigenvalue weighted by Crippen LogP contribution is -2.16. The molecule has 2 aliphatic rings. The van der Waals surface area contributed by atoms with Crippen LogP contribution in [0.5, 0.6) is 28.7 Å². The maximum atomic E-state index is 12.3. The van der Waals surface area contributed by atoms with Crippen LogP contribution < -0.4 is 29.0 Å². The number of nitrogens with one attached hydrogen (secondary N) is 1. The Kier molecular flexibility index (Phi) is 5.16. The Labute approximate surface area is 166 Å². The number of rotatable bonds is 4. The van der Waals surface area contributed by atoms with E-state index in [0.29, 0.717) is 65.9 Å². The molecule has 2 aromatic carbocycles. The van der Waals surface area contributed by atoms with Crippen molar-refractivity contribution in [2.24, 2.45) is 0 Å². The molecular formula is C20H18ClNO6. The van der Waals surface area contributed by atoms with Gasteiger partial charge in [0.05, 0.1) is 17.8 Å². The minimum Gasteiger partial charge on any atom is -0.493 e. The van der Waals surface area contributed by atoms with Gasteiger partial charge in [0.1, 0.15) is 26.4 Å². The minimum atomic E-state index is -0.340. The molecule has 146 valence electrons. The summed E-state index contributed by atoms with van der Waals surface area (Å²) in [4.78, 5) is 12.3. The Morgan fingerprint density at radius 1 is 1.00 bits per heavy atom. The van der Waals surface area contributed by atoms with Crippen molar-refractivity contribution in [2.75, 3.05) is 38.9 Å². The van der Waals surface area contributed by atoms with Gasteiger partial charge < -0.3 is 29.0 Å². The van der Waals surface area contributed by atoms with Crippen LogP contribution in [0.3, 0.4) is 0 Å². The molecular weight excluding hydrogens is 386 g/mol. The van der Waals surface area contributed by atoms with E-state index in [2.05, 4.69) is 5.32 Å². The maximum Gasteiger partial charge on any atom is 0.248 e. The van der Waals surface area contributed by atoms with Crippen LogP contribution in [0, 0.1) is 0 Å². The molecule has 8 heteroatoms. The fourth-order valence-electron chi connectivity index (χ4n) is 2.90. The van der Waals surface area contributed by atoms with Gasteiger partial charge in [0.15, 0.2) is 23.0 Å². The van der Waals surface area contributed by atoms with Gasteiger partial charge in [-0.15, -0.1) is 0 Å². The third-order valence-electron chi connectivity index (χ3n) is 4.17. The fourth-order valence-corrected chi connectivity index (χ4v) is 3.10. The Bertz CT molecular complexity index is 926. The highest BCUT2D eigenvalue weighted by Crippen LogP contribution is 2.41. The van der Waals surface area contributed by atoms with Crippen molar-refractivity contribution in [1.29, 1.82) is 0 Å². The normalized spacial score (nSPS) is 14.6. The van der Waals surface area contributed by atoms with Gasteiger partial charge in [0.2, 0.25) is 11.7 Å². The summed E-state index contributed by atoms with van der Waals surface area (Å²) in [6.07, 6.45) is 3.06. The monoisotopic (exact) mass is 403 g/mol. The summed E-state index contributed by atoms with van der Waals surface area (Å²) in [6, 6.07) is 6.84. The largest absolute Gasteiger partial charge is 0.493 e. The maximum absolute atomic E-state index is 12.3. The van der Waals surface area contributed by atoms with Crippen molar-refractivity contribution in [1.82, 2.24) is 0 Å². The second kappa shape index (κ2) is 7.90. The first-order chi connectivity index (χ1) is 13.6. The first-order valence-corrected chi connectivity index (χ1v) is 9.07. The van der Waals surface area contributed by atoms with Crippen LogP contribution in [0.1, 0.15) is 5.56 Å². The molecule has 0 atom stereocenters. The molecule has 1 amide bonds. The molecule has 0 radical (unpaired) electrons. The SMILES string of the molecule is COc1cc(/C=C/C(=O)Nc2cc3c(cc2Cl)OCCO3)cc2c1OCCO2. The second-order valence-electron chi connectivity index (χ2n) is 6.05. The molecule has 2 aliphatic heterocycles. The number of benzene rings is 2. The van der Waals surface area contributed by atoms with E-state index in [9.17, 15) is 4.79 Å². The number of halogens is 1. The molecule has 7 nitrogen and oxygen atoms in total.